The Morgan fingerprint density at radius 1 is 1.11 bits per heavy atom. The van der Waals surface area contributed by atoms with E-state index in [0.29, 0.717) is 17.8 Å². The second-order valence-electron chi connectivity index (χ2n) is 8.59. The minimum absolute atomic E-state index is 0.107. The predicted molar refractivity (Wildman–Crippen MR) is 134 cm³/mol. The number of carbonyl (C=O) groups is 2. The highest BCUT2D eigenvalue weighted by Gasteiger charge is 2.55. The molecule has 1 aliphatic rings. The van der Waals surface area contributed by atoms with Crippen LogP contribution in [0.3, 0.4) is 0 Å². The first-order valence-corrected chi connectivity index (χ1v) is 12.2. The van der Waals surface area contributed by atoms with Crippen molar-refractivity contribution in [1.82, 2.24) is 10.2 Å². The number of nitrogens with one attached hydrogen (secondary N) is 1. The molecule has 3 aromatic rings. The van der Waals surface area contributed by atoms with Crippen LogP contribution in [0.2, 0.25) is 0 Å². The minimum atomic E-state index is -1.54. The molecule has 1 N–H and O–H groups in total. The van der Waals surface area contributed by atoms with Crippen LogP contribution < -0.4 is 10.3 Å². The van der Waals surface area contributed by atoms with E-state index in [9.17, 15) is 18.4 Å². The summed E-state index contributed by atoms with van der Waals surface area (Å²) >= 11 is 1.39. The van der Waals surface area contributed by atoms with E-state index < -0.39 is 34.8 Å². The number of hydrogen-bond donors (Lipinski definition) is 1. The summed E-state index contributed by atoms with van der Waals surface area (Å²) in [7, 11) is 1.62. The number of nitrogens with zero attached hydrogens (tertiary/aromatic N) is 3. The van der Waals surface area contributed by atoms with Crippen LogP contribution in [0.5, 0.6) is 0 Å². The first-order valence-electron chi connectivity index (χ1n) is 11.3. The van der Waals surface area contributed by atoms with Gasteiger partial charge in [-0.1, -0.05) is 18.2 Å². The summed E-state index contributed by atoms with van der Waals surface area (Å²) < 4.78 is 42.5. The summed E-state index contributed by atoms with van der Waals surface area (Å²) in [5, 5.41) is 10.4. The van der Waals surface area contributed by atoms with Crippen molar-refractivity contribution in [3.63, 3.8) is 0 Å². The Morgan fingerprint density at radius 2 is 1.81 bits per heavy atom. The largest absolute Gasteiger partial charge is 0.345 e. The maximum atomic E-state index is 15.0. The standard InChI is InChI=1S/C26H25F3N4O2S/c1-4-32(3)22(34)15-30-25(35)26(2)23(21-6-5-13-36-21)24(16-7-9-17(27)10-8-16)31-33(26)20-12-11-18(28)14-19(20)29/h5-14,23H,4,15H2,1-3H3,(H,30,35). The first kappa shape index (κ1) is 25.4. The summed E-state index contributed by atoms with van der Waals surface area (Å²) in [6.45, 7) is 3.62. The van der Waals surface area contributed by atoms with E-state index >= 15 is 4.39 Å². The molecule has 4 rings (SSSR count). The highest BCUT2D eigenvalue weighted by Crippen LogP contribution is 2.46. The highest BCUT2D eigenvalue weighted by atomic mass is 32.1. The Labute approximate surface area is 211 Å². The Morgan fingerprint density at radius 3 is 2.42 bits per heavy atom. The third kappa shape index (κ3) is 4.60. The van der Waals surface area contributed by atoms with Crippen molar-refractivity contribution in [2.75, 3.05) is 25.1 Å². The van der Waals surface area contributed by atoms with Crippen LogP contribution in [0, 0.1) is 17.5 Å². The number of hydrogen-bond acceptors (Lipinski definition) is 5. The van der Waals surface area contributed by atoms with Crippen LogP contribution in [0.15, 0.2) is 65.1 Å². The number of thiophene rings is 1. The minimum Gasteiger partial charge on any atom is -0.345 e. The molecule has 0 bridgehead atoms. The molecule has 1 aromatic heterocycles. The maximum absolute atomic E-state index is 15.0. The number of halogens is 3. The van der Waals surface area contributed by atoms with Crippen molar-refractivity contribution < 1.29 is 22.8 Å². The van der Waals surface area contributed by atoms with Gasteiger partial charge in [0.05, 0.1) is 23.9 Å². The van der Waals surface area contributed by atoms with Gasteiger partial charge in [-0.2, -0.15) is 5.10 Å². The van der Waals surface area contributed by atoms with Gasteiger partial charge in [0.1, 0.15) is 11.6 Å². The van der Waals surface area contributed by atoms with Gasteiger partial charge in [0.15, 0.2) is 11.4 Å². The molecule has 10 heteroatoms. The molecule has 1 aliphatic heterocycles. The lowest BCUT2D eigenvalue weighted by Crippen LogP contribution is -2.58. The van der Waals surface area contributed by atoms with Crippen molar-refractivity contribution in [1.29, 1.82) is 0 Å². The highest BCUT2D eigenvalue weighted by molar-refractivity contribution is 7.10. The van der Waals surface area contributed by atoms with Crippen LogP contribution in [-0.2, 0) is 9.59 Å². The number of anilines is 1. The van der Waals surface area contributed by atoms with Crippen LogP contribution >= 0.6 is 11.3 Å². The van der Waals surface area contributed by atoms with Gasteiger partial charge < -0.3 is 10.2 Å². The average molecular weight is 515 g/mol. The molecule has 2 aromatic carbocycles. The van der Waals surface area contributed by atoms with Crippen molar-refractivity contribution in [2.45, 2.75) is 25.3 Å². The van der Waals surface area contributed by atoms with Gasteiger partial charge in [-0.15, -0.1) is 11.3 Å². The molecule has 0 fully saturated rings. The fraction of sp³-hybridized carbons (Fsp3) is 0.269. The summed E-state index contributed by atoms with van der Waals surface area (Å²) in [6, 6.07) is 12.3. The number of benzene rings is 2. The molecule has 36 heavy (non-hydrogen) atoms. The molecule has 188 valence electrons. The number of carbonyl (C=O) groups excluding carboxylic acids is 2. The molecule has 2 atom stereocenters. The molecular weight excluding hydrogens is 489 g/mol. The molecule has 2 amide bonds. The summed E-state index contributed by atoms with van der Waals surface area (Å²) in [5.74, 6) is -3.67. The molecule has 0 spiro atoms. The predicted octanol–water partition coefficient (Wildman–Crippen LogP) is 4.53. The maximum Gasteiger partial charge on any atom is 0.249 e. The van der Waals surface area contributed by atoms with Crippen LogP contribution in [0.1, 0.15) is 30.2 Å². The smallest absolute Gasteiger partial charge is 0.249 e. The van der Waals surface area contributed by atoms with Crippen molar-refractivity contribution in [3.8, 4) is 0 Å². The van der Waals surface area contributed by atoms with Gasteiger partial charge in [-0.25, -0.2) is 18.2 Å². The lowest BCUT2D eigenvalue weighted by molar-refractivity contribution is -0.133. The number of amides is 2. The molecule has 0 radical (unpaired) electrons. The lowest BCUT2D eigenvalue weighted by atomic mass is 9.78. The first-order chi connectivity index (χ1) is 17.2. The number of hydrazone groups is 1. The topological polar surface area (TPSA) is 65.0 Å². The zero-order valence-electron chi connectivity index (χ0n) is 20.0. The van der Waals surface area contributed by atoms with Gasteiger partial charge in [0.25, 0.3) is 0 Å². The summed E-state index contributed by atoms with van der Waals surface area (Å²) in [5.41, 5.74) is -0.695. The second kappa shape index (κ2) is 10.1. The average Bonchev–Trinajstić information content (AvgIpc) is 3.49. The SMILES string of the molecule is CCN(C)C(=O)CNC(=O)C1(C)C(c2cccs2)C(c2ccc(F)cc2)=NN1c1ccc(F)cc1F. The molecule has 2 unspecified atom stereocenters. The van der Waals surface area contributed by atoms with Gasteiger partial charge in [-0.3, -0.25) is 9.59 Å². The zero-order chi connectivity index (χ0) is 26.0. The Bertz CT molecular complexity index is 1300. The van der Waals surface area contributed by atoms with Crippen LogP contribution in [-0.4, -0.2) is 48.1 Å². The fourth-order valence-electron chi connectivity index (χ4n) is 4.20. The normalized spacial score (nSPS) is 19.2. The Hall–Kier alpha value is -3.66. The van der Waals surface area contributed by atoms with E-state index in [-0.39, 0.29) is 18.1 Å². The number of rotatable bonds is 7. The van der Waals surface area contributed by atoms with E-state index in [4.69, 9.17) is 0 Å². The molecule has 0 aliphatic carbocycles. The quantitative estimate of drug-likeness (QED) is 0.504. The van der Waals surface area contributed by atoms with Crippen LogP contribution in [0.4, 0.5) is 18.9 Å². The van der Waals surface area contributed by atoms with E-state index in [1.807, 2.05) is 24.4 Å². The molecule has 0 saturated carbocycles. The van der Waals surface area contributed by atoms with Gasteiger partial charge >= 0.3 is 0 Å². The van der Waals surface area contributed by atoms with Gasteiger partial charge in [0, 0.05) is 24.5 Å². The monoisotopic (exact) mass is 514 g/mol. The second-order valence-corrected chi connectivity index (χ2v) is 9.57. The van der Waals surface area contributed by atoms with Crippen molar-refractivity contribution >= 4 is 34.6 Å². The van der Waals surface area contributed by atoms with Crippen LogP contribution in [0.25, 0.3) is 0 Å². The zero-order valence-corrected chi connectivity index (χ0v) is 20.8. The lowest BCUT2D eigenvalue weighted by Gasteiger charge is -2.37. The van der Waals surface area contributed by atoms with Gasteiger partial charge in [-0.05, 0) is 55.1 Å². The van der Waals surface area contributed by atoms with E-state index in [2.05, 4.69) is 10.4 Å². The molecule has 2 heterocycles. The Balaban J connectivity index is 1.86. The summed E-state index contributed by atoms with van der Waals surface area (Å²) in [6.07, 6.45) is 0. The van der Waals surface area contributed by atoms with E-state index in [1.165, 1.54) is 51.6 Å². The molecule has 6 nitrogen and oxygen atoms in total. The fourth-order valence-corrected chi connectivity index (χ4v) is 5.15. The number of likely N-dealkylation sites (N-methyl/N-ethyl adjacent to an activating group) is 1. The van der Waals surface area contributed by atoms with Gasteiger partial charge in [0.2, 0.25) is 11.8 Å². The van der Waals surface area contributed by atoms with E-state index in [1.54, 1.807) is 14.0 Å². The molecular formula is C26H25F3N4O2S. The third-order valence-corrected chi connectivity index (χ3v) is 7.29. The Kier molecular flexibility index (Phi) is 7.16. The third-order valence-electron chi connectivity index (χ3n) is 6.35. The molecule has 0 saturated heterocycles. The van der Waals surface area contributed by atoms with Crippen molar-refractivity contribution in [2.24, 2.45) is 5.10 Å². The summed E-state index contributed by atoms with van der Waals surface area (Å²) in [4.78, 5) is 28.5. The van der Waals surface area contributed by atoms with Crippen molar-refractivity contribution in [3.05, 3.63) is 87.9 Å². The van der Waals surface area contributed by atoms with E-state index in [0.717, 1.165) is 17.0 Å².